The van der Waals surface area contributed by atoms with Crippen molar-refractivity contribution in [3.63, 3.8) is 0 Å². The van der Waals surface area contributed by atoms with Crippen LogP contribution in [0.3, 0.4) is 0 Å². The molecule has 0 rings (SSSR count). The maximum Gasteiger partial charge on any atom is 0.401 e. The molecule has 0 spiro atoms. The molecular formula is C7H17N4O5P. The molecular weight excluding hydrogens is 251 g/mol. The van der Waals surface area contributed by atoms with E-state index in [1.807, 2.05) is 5.09 Å². The molecule has 0 fully saturated rings. The summed E-state index contributed by atoms with van der Waals surface area (Å²) >= 11 is 0. The number of methoxy groups -OCH3 is 1. The van der Waals surface area contributed by atoms with Crippen molar-refractivity contribution in [3.05, 3.63) is 0 Å². The van der Waals surface area contributed by atoms with E-state index in [4.69, 9.17) is 21.3 Å². The molecule has 0 unspecified atom stereocenters. The van der Waals surface area contributed by atoms with Gasteiger partial charge in [-0.1, -0.05) is 0 Å². The maximum atomic E-state index is 11.2. The molecule has 7 N–H and O–H groups in total. The van der Waals surface area contributed by atoms with Gasteiger partial charge in [0.15, 0.2) is 5.96 Å². The lowest BCUT2D eigenvalue weighted by Gasteiger charge is -2.16. The smallest absolute Gasteiger partial charge is 0.401 e. The zero-order valence-corrected chi connectivity index (χ0v) is 10.3. The molecule has 0 bridgehead atoms. The van der Waals surface area contributed by atoms with Crippen LogP contribution < -0.4 is 16.6 Å². The van der Waals surface area contributed by atoms with Crippen molar-refractivity contribution < 1.29 is 23.9 Å². The number of rotatable bonds is 7. The van der Waals surface area contributed by atoms with E-state index in [0.29, 0.717) is 6.42 Å². The summed E-state index contributed by atoms with van der Waals surface area (Å²) in [7, 11) is -3.36. The fraction of sp³-hybridized carbons (Fsp3) is 0.714. The molecule has 0 saturated heterocycles. The molecule has 0 aromatic carbocycles. The second-order valence-electron chi connectivity index (χ2n) is 3.20. The van der Waals surface area contributed by atoms with Crippen LogP contribution in [-0.4, -0.2) is 41.4 Å². The van der Waals surface area contributed by atoms with Crippen molar-refractivity contribution in [3.8, 4) is 0 Å². The fourth-order valence-corrected chi connectivity index (χ4v) is 1.72. The predicted molar refractivity (Wildman–Crippen MR) is 60.9 cm³/mol. The minimum atomic E-state index is -4.49. The molecule has 100 valence electrons. The standard InChI is InChI=1S/C7H17N4O5P/c1-16-6(12)5(11-17(13,14)15)3-2-4-10-7(8)9/h5H,2-4H2,1H3,(H4,8,9,10)(H3,11,13,14,15)/t5-/m0/s1. The Hall–Kier alpha value is -1.15. The number of esters is 1. The van der Waals surface area contributed by atoms with Crippen molar-refractivity contribution in [1.82, 2.24) is 5.09 Å². The van der Waals surface area contributed by atoms with Crippen LogP contribution in [0.4, 0.5) is 0 Å². The van der Waals surface area contributed by atoms with Gasteiger partial charge in [-0.2, -0.15) is 0 Å². The van der Waals surface area contributed by atoms with E-state index in [1.54, 1.807) is 0 Å². The zero-order chi connectivity index (χ0) is 13.5. The Labute approximate surface area is 98.4 Å². The number of nitrogens with zero attached hydrogens (tertiary/aromatic N) is 1. The van der Waals surface area contributed by atoms with Gasteiger partial charge in [0, 0.05) is 6.54 Å². The van der Waals surface area contributed by atoms with Gasteiger partial charge in [0.2, 0.25) is 0 Å². The van der Waals surface area contributed by atoms with Gasteiger partial charge >= 0.3 is 13.7 Å². The summed E-state index contributed by atoms with van der Waals surface area (Å²) in [5.41, 5.74) is 10.2. The average Bonchev–Trinajstić information content (AvgIpc) is 2.19. The number of hydrogen-bond acceptors (Lipinski definition) is 4. The monoisotopic (exact) mass is 268 g/mol. The highest BCUT2D eigenvalue weighted by Gasteiger charge is 2.26. The van der Waals surface area contributed by atoms with Crippen LogP contribution in [0.1, 0.15) is 12.8 Å². The van der Waals surface area contributed by atoms with Crippen LogP contribution in [0.25, 0.3) is 0 Å². The summed E-state index contributed by atoms with van der Waals surface area (Å²) in [6.45, 7) is 0.263. The number of carbonyl (C=O) groups excluding carboxylic acids is 1. The minimum absolute atomic E-state index is 0.0810. The third-order valence-electron chi connectivity index (χ3n) is 1.76. The molecule has 0 aromatic rings. The highest BCUT2D eigenvalue weighted by molar-refractivity contribution is 7.49. The van der Waals surface area contributed by atoms with Crippen LogP contribution in [0, 0.1) is 0 Å². The maximum absolute atomic E-state index is 11.2. The van der Waals surface area contributed by atoms with Crippen LogP contribution in [0.15, 0.2) is 4.99 Å². The van der Waals surface area contributed by atoms with Gasteiger partial charge in [0.05, 0.1) is 7.11 Å². The number of guanidine groups is 1. The van der Waals surface area contributed by atoms with Gasteiger partial charge in [0.1, 0.15) is 6.04 Å². The molecule has 0 aliphatic heterocycles. The number of ether oxygens (including phenoxy) is 1. The fourth-order valence-electron chi connectivity index (χ4n) is 1.08. The van der Waals surface area contributed by atoms with Gasteiger partial charge in [-0.05, 0) is 12.8 Å². The topological polar surface area (TPSA) is 160 Å². The Morgan fingerprint density at radius 3 is 2.53 bits per heavy atom. The Bertz CT molecular complexity index is 324. The number of carbonyl (C=O) groups is 1. The van der Waals surface area contributed by atoms with E-state index in [9.17, 15) is 9.36 Å². The molecule has 0 aromatic heterocycles. The van der Waals surface area contributed by atoms with E-state index in [-0.39, 0.29) is 18.9 Å². The molecule has 0 heterocycles. The summed E-state index contributed by atoms with van der Waals surface area (Å²) in [6, 6.07) is -1.09. The quantitative estimate of drug-likeness (QED) is 0.119. The summed E-state index contributed by atoms with van der Waals surface area (Å²) in [6.07, 6.45) is 0.527. The SMILES string of the molecule is COC(=O)[C@H](CCCN=C(N)N)NP(=O)(O)O. The second kappa shape index (κ2) is 7.23. The van der Waals surface area contributed by atoms with Crippen LogP contribution in [-0.2, 0) is 14.1 Å². The first kappa shape index (κ1) is 15.9. The predicted octanol–water partition coefficient (Wildman–Crippen LogP) is -1.74. The Kier molecular flexibility index (Phi) is 6.74. The summed E-state index contributed by atoms with van der Waals surface area (Å²) in [4.78, 5) is 32.3. The van der Waals surface area contributed by atoms with E-state index < -0.39 is 19.8 Å². The molecule has 0 radical (unpaired) electrons. The number of nitrogens with one attached hydrogen (secondary N) is 1. The number of aliphatic imine (C=N–C) groups is 1. The van der Waals surface area contributed by atoms with Crippen molar-refractivity contribution in [1.29, 1.82) is 0 Å². The van der Waals surface area contributed by atoms with Gasteiger partial charge < -0.3 is 26.0 Å². The summed E-state index contributed by atoms with van der Waals surface area (Å²) in [5.74, 6) is -0.833. The van der Waals surface area contributed by atoms with Crippen LogP contribution >= 0.6 is 7.75 Å². The molecule has 9 nitrogen and oxygen atoms in total. The van der Waals surface area contributed by atoms with Crippen LogP contribution in [0.2, 0.25) is 0 Å². The Morgan fingerprint density at radius 1 is 1.53 bits per heavy atom. The van der Waals surface area contributed by atoms with Gasteiger partial charge in [-0.25, -0.2) is 9.65 Å². The molecule has 0 aliphatic carbocycles. The first-order valence-electron chi connectivity index (χ1n) is 4.73. The Morgan fingerprint density at radius 2 is 2.12 bits per heavy atom. The lowest BCUT2D eigenvalue weighted by atomic mass is 10.2. The average molecular weight is 268 g/mol. The first-order chi connectivity index (χ1) is 7.76. The molecule has 0 aliphatic rings. The highest BCUT2D eigenvalue weighted by Crippen LogP contribution is 2.30. The third kappa shape index (κ3) is 8.64. The highest BCUT2D eigenvalue weighted by atomic mass is 31.2. The molecule has 0 amide bonds. The minimum Gasteiger partial charge on any atom is -0.468 e. The van der Waals surface area contributed by atoms with Gasteiger partial charge in [-0.15, -0.1) is 0 Å². The second-order valence-corrected chi connectivity index (χ2v) is 4.54. The lowest BCUT2D eigenvalue weighted by Crippen LogP contribution is -2.35. The normalized spacial score (nSPS) is 12.9. The van der Waals surface area contributed by atoms with E-state index >= 15 is 0 Å². The lowest BCUT2D eigenvalue weighted by molar-refractivity contribution is -0.142. The Balaban J connectivity index is 4.26. The van der Waals surface area contributed by atoms with Gasteiger partial charge in [-0.3, -0.25) is 9.79 Å². The van der Waals surface area contributed by atoms with Crippen molar-refractivity contribution in [2.45, 2.75) is 18.9 Å². The van der Waals surface area contributed by atoms with Gasteiger partial charge in [0.25, 0.3) is 0 Å². The van der Waals surface area contributed by atoms with E-state index in [0.717, 1.165) is 7.11 Å². The van der Waals surface area contributed by atoms with Crippen LogP contribution in [0.5, 0.6) is 0 Å². The molecule has 0 saturated carbocycles. The van der Waals surface area contributed by atoms with E-state index in [1.165, 1.54) is 0 Å². The first-order valence-corrected chi connectivity index (χ1v) is 6.34. The summed E-state index contributed by atoms with van der Waals surface area (Å²) in [5, 5.41) is 1.88. The molecule has 1 atom stereocenters. The third-order valence-corrected chi connectivity index (χ3v) is 2.40. The molecule has 10 heteroatoms. The van der Waals surface area contributed by atoms with Crippen molar-refractivity contribution >= 4 is 19.7 Å². The zero-order valence-electron chi connectivity index (χ0n) is 9.37. The number of hydrogen-bond donors (Lipinski definition) is 5. The summed E-state index contributed by atoms with van der Waals surface area (Å²) < 4.78 is 15.1. The molecule has 17 heavy (non-hydrogen) atoms. The van der Waals surface area contributed by atoms with E-state index in [2.05, 4.69) is 9.73 Å². The number of nitrogens with two attached hydrogens (primary N) is 2. The van der Waals surface area contributed by atoms with Crippen molar-refractivity contribution in [2.75, 3.05) is 13.7 Å². The largest absolute Gasteiger partial charge is 0.468 e. The van der Waals surface area contributed by atoms with Crippen molar-refractivity contribution in [2.24, 2.45) is 16.5 Å².